The minimum Gasteiger partial charge on any atom is -0.495 e. The van der Waals surface area contributed by atoms with E-state index in [9.17, 15) is 0 Å². The average Bonchev–Trinajstić information content (AvgIpc) is 3.55. The van der Waals surface area contributed by atoms with Gasteiger partial charge in [0.25, 0.3) is 0 Å². The molecule has 8 nitrogen and oxygen atoms in total. The van der Waals surface area contributed by atoms with Crippen molar-refractivity contribution in [2.75, 3.05) is 26.6 Å². The number of ether oxygens (including phenoxy) is 3. The number of benzene rings is 3. The highest BCUT2D eigenvalue weighted by atomic mass is 35.5. The standard InChI is InChI=1S/C22H28ClN3O2.C14H19ClN2O/c1-7-14(8-2)16-9-10-17(27-5)20-21(16)26(4)22(25-20)24-19-13(3)11-15(23)12-18(19)28-6;1-5-9(6-2)10-7-8-11(18-4)12-13(10)17(3)14(15)16-12/h9-12,14H,7-8H2,1-6H3,(H,24,25);7-9H,5-6H2,1-4H3. The fourth-order valence-electron chi connectivity index (χ4n) is 6.32. The first-order valence-corrected chi connectivity index (χ1v) is 16.7. The van der Waals surface area contributed by atoms with Crippen molar-refractivity contribution in [1.82, 2.24) is 19.1 Å². The van der Waals surface area contributed by atoms with E-state index in [1.165, 1.54) is 11.1 Å². The van der Waals surface area contributed by atoms with E-state index in [4.69, 9.17) is 42.4 Å². The van der Waals surface area contributed by atoms with Gasteiger partial charge in [0.15, 0.2) is 0 Å². The van der Waals surface area contributed by atoms with Crippen molar-refractivity contribution < 1.29 is 14.2 Å². The van der Waals surface area contributed by atoms with E-state index in [-0.39, 0.29) is 0 Å². The highest BCUT2D eigenvalue weighted by Crippen LogP contribution is 2.39. The number of methoxy groups -OCH3 is 3. The van der Waals surface area contributed by atoms with E-state index < -0.39 is 0 Å². The lowest BCUT2D eigenvalue weighted by Gasteiger charge is -2.17. The van der Waals surface area contributed by atoms with Crippen LogP contribution in [0.3, 0.4) is 0 Å². The molecule has 5 rings (SSSR count). The molecule has 0 saturated carbocycles. The number of aromatic nitrogens is 4. The third-order valence-corrected chi connectivity index (χ3v) is 9.55. The summed E-state index contributed by atoms with van der Waals surface area (Å²) in [5, 5.41) is 4.59. The molecule has 2 aromatic heterocycles. The van der Waals surface area contributed by atoms with Crippen LogP contribution < -0.4 is 19.5 Å². The minimum absolute atomic E-state index is 0.475. The second kappa shape index (κ2) is 15.3. The van der Waals surface area contributed by atoms with Crippen molar-refractivity contribution in [3.63, 3.8) is 0 Å². The van der Waals surface area contributed by atoms with E-state index in [2.05, 4.69) is 54.7 Å². The Labute approximate surface area is 283 Å². The fourth-order valence-corrected chi connectivity index (χ4v) is 6.76. The van der Waals surface area contributed by atoms with Crippen molar-refractivity contribution in [1.29, 1.82) is 0 Å². The number of nitrogens with one attached hydrogen (secondary N) is 1. The van der Waals surface area contributed by atoms with Gasteiger partial charge in [-0.15, -0.1) is 0 Å². The summed E-state index contributed by atoms with van der Waals surface area (Å²) in [5.41, 5.74) is 8.35. The van der Waals surface area contributed by atoms with Crippen molar-refractivity contribution >= 4 is 56.9 Å². The number of hydrogen-bond acceptors (Lipinski definition) is 6. The molecule has 0 aliphatic carbocycles. The topological polar surface area (TPSA) is 75.4 Å². The largest absolute Gasteiger partial charge is 0.495 e. The lowest BCUT2D eigenvalue weighted by Crippen LogP contribution is -2.04. The number of hydrogen-bond donors (Lipinski definition) is 1. The summed E-state index contributed by atoms with van der Waals surface area (Å²) in [6.45, 7) is 10.9. The van der Waals surface area contributed by atoms with Crippen molar-refractivity contribution in [2.24, 2.45) is 14.1 Å². The highest BCUT2D eigenvalue weighted by Gasteiger charge is 2.22. The predicted octanol–water partition coefficient (Wildman–Crippen LogP) is 10.3. The smallest absolute Gasteiger partial charge is 0.208 e. The maximum Gasteiger partial charge on any atom is 0.208 e. The zero-order valence-electron chi connectivity index (χ0n) is 28.7. The van der Waals surface area contributed by atoms with Crippen LogP contribution in [0, 0.1) is 6.92 Å². The third kappa shape index (κ3) is 6.74. The number of rotatable bonds is 11. The Morgan fingerprint density at radius 3 is 1.65 bits per heavy atom. The molecule has 10 heteroatoms. The van der Waals surface area contributed by atoms with Gasteiger partial charge in [-0.05, 0) is 90.9 Å². The minimum atomic E-state index is 0.475. The number of imidazole rings is 2. The Morgan fingerprint density at radius 2 is 1.17 bits per heavy atom. The van der Waals surface area contributed by atoms with Crippen molar-refractivity contribution in [3.8, 4) is 17.2 Å². The molecule has 0 radical (unpaired) electrons. The van der Waals surface area contributed by atoms with Gasteiger partial charge in [-0.2, -0.15) is 0 Å². The summed E-state index contributed by atoms with van der Waals surface area (Å²) in [6, 6.07) is 12.0. The second-order valence-electron chi connectivity index (χ2n) is 11.5. The van der Waals surface area contributed by atoms with Crippen molar-refractivity contribution in [2.45, 2.75) is 72.1 Å². The Balaban J connectivity index is 0.000000230. The lowest BCUT2D eigenvalue weighted by atomic mass is 9.92. The molecule has 0 atom stereocenters. The van der Waals surface area contributed by atoms with Gasteiger partial charge in [0, 0.05) is 25.2 Å². The van der Waals surface area contributed by atoms with E-state index in [1.54, 1.807) is 27.4 Å². The van der Waals surface area contributed by atoms with Crippen LogP contribution in [-0.4, -0.2) is 40.4 Å². The average molecular weight is 669 g/mol. The first kappa shape index (κ1) is 35.2. The molecule has 5 aromatic rings. The quantitative estimate of drug-likeness (QED) is 0.151. The van der Waals surface area contributed by atoms with Crippen molar-refractivity contribution in [3.05, 3.63) is 63.4 Å². The maximum atomic E-state index is 6.18. The van der Waals surface area contributed by atoms with E-state index in [1.807, 2.05) is 43.8 Å². The van der Waals surface area contributed by atoms with Gasteiger partial charge in [-0.25, -0.2) is 9.97 Å². The molecule has 0 amide bonds. The Morgan fingerprint density at radius 1 is 0.696 bits per heavy atom. The van der Waals surface area contributed by atoms with E-state index in [0.717, 1.165) is 76.4 Å². The van der Waals surface area contributed by atoms with Crippen LogP contribution in [0.2, 0.25) is 10.3 Å². The molecule has 0 unspecified atom stereocenters. The van der Waals surface area contributed by atoms with Gasteiger partial charge in [-0.3, -0.25) is 0 Å². The zero-order chi connectivity index (χ0) is 33.7. The van der Waals surface area contributed by atoms with Gasteiger partial charge < -0.3 is 28.7 Å². The van der Waals surface area contributed by atoms with Crippen LogP contribution in [0.25, 0.3) is 22.1 Å². The van der Waals surface area contributed by atoms with Crippen LogP contribution in [0.4, 0.5) is 11.6 Å². The SMILES string of the molecule is CCC(CC)c1ccc(OC)c2nc(Cl)n(C)c12.CCC(CC)c1ccc(OC)c2nc(Nc3c(C)cc(Cl)cc3OC)n(C)c12. The molecule has 3 aromatic carbocycles. The monoisotopic (exact) mass is 667 g/mol. The Bertz CT molecular complexity index is 1810. The molecule has 0 aliphatic rings. The lowest BCUT2D eigenvalue weighted by molar-refractivity contribution is 0.416. The highest BCUT2D eigenvalue weighted by molar-refractivity contribution is 6.31. The normalized spacial score (nSPS) is 11.3. The van der Waals surface area contributed by atoms with Gasteiger partial charge in [0.05, 0.1) is 38.1 Å². The molecule has 46 heavy (non-hydrogen) atoms. The second-order valence-corrected chi connectivity index (χ2v) is 12.3. The van der Waals surface area contributed by atoms with Crippen LogP contribution >= 0.6 is 23.2 Å². The molecule has 0 bridgehead atoms. The molecule has 1 N–H and O–H groups in total. The molecule has 0 spiro atoms. The molecular weight excluding hydrogens is 621 g/mol. The first-order valence-electron chi connectivity index (χ1n) is 15.9. The summed E-state index contributed by atoms with van der Waals surface area (Å²) >= 11 is 12.3. The first-order chi connectivity index (χ1) is 22.1. The summed E-state index contributed by atoms with van der Waals surface area (Å²) in [7, 11) is 8.96. The number of halogens is 2. The molecule has 0 saturated heterocycles. The molecule has 0 aliphatic heterocycles. The van der Waals surface area contributed by atoms with Crippen LogP contribution in [0.15, 0.2) is 36.4 Å². The van der Waals surface area contributed by atoms with Gasteiger partial charge >= 0.3 is 0 Å². The molecule has 248 valence electrons. The van der Waals surface area contributed by atoms with E-state index >= 15 is 0 Å². The Kier molecular flexibility index (Phi) is 11.7. The fraction of sp³-hybridized carbons (Fsp3) is 0.444. The predicted molar refractivity (Wildman–Crippen MR) is 192 cm³/mol. The molecule has 0 fully saturated rings. The maximum absolute atomic E-state index is 6.18. The number of anilines is 2. The Hall–Kier alpha value is -3.62. The van der Waals surface area contributed by atoms with Crippen LogP contribution in [0.1, 0.15) is 81.9 Å². The number of fused-ring (bicyclic) bond motifs is 2. The number of nitrogens with zero attached hydrogens (tertiary/aromatic N) is 4. The summed E-state index contributed by atoms with van der Waals surface area (Å²) < 4.78 is 20.5. The summed E-state index contributed by atoms with van der Waals surface area (Å²) in [6.07, 6.45) is 4.38. The third-order valence-electron chi connectivity index (χ3n) is 8.99. The molecule has 2 heterocycles. The molecular formula is C36H47Cl2N5O3. The van der Waals surface area contributed by atoms with E-state index in [0.29, 0.717) is 27.9 Å². The van der Waals surface area contributed by atoms with Gasteiger partial charge in [-0.1, -0.05) is 51.4 Å². The zero-order valence-corrected chi connectivity index (χ0v) is 30.2. The van der Waals surface area contributed by atoms with Crippen LogP contribution in [0.5, 0.6) is 17.2 Å². The van der Waals surface area contributed by atoms with Gasteiger partial charge in [0.2, 0.25) is 11.2 Å². The summed E-state index contributed by atoms with van der Waals surface area (Å²) in [4.78, 5) is 9.27. The number of aryl methyl sites for hydroxylation is 3. The van der Waals surface area contributed by atoms with Gasteiger partial charge in [0.1, 0.15) is 28.3 Å². The summed E-state index contributed by atoms with van der Waals surface area (Å²) in [5.74, 6) is 3.98. The van der Waals surface area contributed by atoms with Crippen LogP contribution in [-0.2, 0) is 14.1 Å².